The molecule has 0 fully saturated rings. The topological polar surface area (TPSA) is 80.8 Å². The Bertz CT molecular complexity index is 356. The largest absolute Gasteiger partial charge is 0.455 e. The molecule has 0 rings (SSSR count). The van der Waals surface area contributed by atoms with Gasteiger partial charge in [0, 0.05) is 11.8 Å². The van der Waals surface area contributed by atoms with Crippen molar-refractivity contribution in [3.63, 3.8) is 0 Å². The Labute approximate surface area is 92.6 Å². The molecule has 0 aliphatic rings. The van der Waals surface area contributed by atoms with Gasteiger partial charge in [0.15, 0.2) is 6.61 Å². The van der Waals surface area contributed by atoms with Crippen LogP contribution in [0.15, 0.2) is 0 Å². The van der Waals surface area contributed by atoms with Gasteiger partial charge < -0.3 is 14.3 Å². The van der Waals surface area contributed by atoms with Gasteiger partial charge >= 0.3 is 11.9 Å². The molecule has 82 valence electrons. The summed E-state index contributed by atoms with van der Waals surface area (Å²) in [5, 5.41) is 8.14. The van der Waals surface area contributed by atoms with Crippen LogP contribution in [-0.2, 0) is 19.1 Å². The van der Waals surface area contributed by atoms with Crippen molar-refractivity contribution in [1.82, 2.24) is 0 Å². The summed E-state index contributed by atoms with van der Waals surface area (Å²) >= 11 is 0. The Kier molecular flexibility index (Phi) is 7.63. The zero-order valence-electron chi connectivity index (χ0n) is 8.36. The summed E-state index contributed by atoms with van der Waals surface area (Å²) < 4.78 is 8.94. The first-order valence-corrected chi connectivity index (χ1v) is 4.26. The van der Waals surface area contributed by atoms with Gasteiger partial charge in [-0.1, -0.05) is 0 Å². The molecule has 0 N–H and O–H groups in total. The Morgan fingerprint density at radius 2 is 1.75 bits per heavy atom. The van der Waals surface area contributed by atoms with E-state index in [-0.39, 0.29) is 26.2 Å². The van der Waals surface area contributed by atoms with Crippen LogP contribution in [-0.4, -0.2) is 31.7 Å². The highest BCUT2D eigenvalue weighted by atomic mass is 16.5. The Morgan fingerprint density at radius 1 is 1.19 bits per heavy atom. The van der Waals surface area contributed by atoms with Gasteiger partial charge in [0.2, 0.25) is 6.54 Å². The fourth-order valence-electron chi connectivity index (χ4n) is 0.548. The standard InChI is InChI=1S/C10H8N2O4/c1-12-6-8-16-10(14)4-3-9(13)15-7-2-5-11/h2,6-8H2. The van der Waals surface area contributed by atoms with E-state index in [0.717, 1.165) is 0 Å². The number of nitriles is 1. The number of carbonyl (C=O) groups excluding carboxylic acids is 2. The molecule has 6 heteroatoms. The summed E-state index contributed by atoms with van der Waals surface area (Å²) in [5.41, 5.74) is 0. The van der Waals surface area contributed by atoms with Gasteiger partial charge in [-0.3, -0.25) is 0 Å². The van der Waals surface area contributed by atoms with Crippen molar-refractivity contribution in [2.24, 2.45) is 0 Å². The van der Waals surface area contributed by atoms with Crippen molar-refractivity contribution >= 4 is 11.9 Å². The van der Waals surface area contributed by atoms with Crippen LogP contribution < -0.4 is 0 Å². The molecule has 0 saturated heterocycles. The van der Waals surface area contributed by atoms with Gasteiger partial charge in [-0.25, -0.2) is 16.2 Å². The van der Waals surface area contributed by atoms with Gasteiger partial charge in [0.25, 0.3) is 0 Å². The van der Waals surface area contributed by atoms with Gasteiger partial charge in [-0.15, -0.1) is 0 Å². The van der Waals surface area contributed by atoms with Crippen LogP contribution in [0.1, 0.15) is 6.42 Å². The fraction of sp³-hybridized carbons (Fsp3) is 0.400. The summed E-state index contributed by atoms with van der Waals surface area (Å²) in [6, 6.07) is 1.78. The van der Waals surface area contributed by atoms with Crippen LogP contribution in [0.3, 0.4) is 0 Å². The maximum Gasteiger partial charge on any atom is 0.385 e. The molecule has 16 heavy (non-hydrogen) atoms. The zero-order chi connectivity index (χ0) is 12.2. The minimum absolute atomic E-state index is 0.0551. The van der Waals surface area contributed by atoms with Gasteiger partial charge in [-0.05, 0) is 0 Å². The fourth-order valence-corrected chi connectivity index (χ4v) is 0.548. The maximum atomic E-state index is 10.8. The second kappa shape index (κ2) is 9.05. The second-order valence-corrected chi connectivity index (χ2v) is 2.31. The summed E-state index contributed by atoms with van der Waals surface area (Å²) in [6.45, 7) is 6.35. The van der Waals surface area contributed by atoms with Gasteiger partial charge in [0.1, 0.15) is 6.61 Å². The van der Waals surface area contributed by atoms with E-state index in [1.165, 1.54) is 0 Å². The molecule has 0 aliphatic heterocycles. The first-order valence-electron chi connectivity index (χ1n) is 4.26. The third-order valence-electron chi connectivity index (χ3n) is 1.15. The molecule has 0 aromatic rings. The van der Waals surface area contributed by atoms with Crippen molar-refractivity contribution in [1.29, 1.82) is 5.26 Å². The van der Waals surface area contributed by atoms with E-state index in [9.17, 15) is 9.59 Å². The Morgan fingerprint density at radius 3 is 2.25 bits per heavy atom. The number of ether oxygens (including phenoxy) is 2. The molecule has 6 nitrogen and oxygen atoms in total. The monoisotopic (exact) mass is 220 g/mol. The SMILES string of the molecule is [C-]#[N+]CCOC(=O)C#CC(=O)OCCC#N. The van der Waals surface area contributed by atoms with Gasteiger partial charge in [0.05, 0.1) is 12.5 Å². The van der Waals surface area contributed by atoms with E-state index in [1.54, 1.807) is 6.07 Å². The van der Waals surface area contributed by atoms with Crippen LogP contribution in [0.4, 0.5) is 0 Å². The van der Waals surface area contributed by atoms with E-state index >= 15 is 0 Å². The molecule has 0 radical (unpaired) electrons. The summed E-state index contributed by atoms with van der Waals surface area (Å²) in [6.07, 6.45) is 0.0723. The predicted octanol–water partition coefficient (Wildman–Crippen LogP) is -0.0908. The number of esters is 2. The number of hydrogen-bond acceptors (Lipinski definition) is 5. The Balaban J connectivity index is 3.82. The molecule has 0 saturated carbocycles. The first kappa shape index (κ1) is 13.5. The van der Waals surface area contributed by atoms with E-state index in [0.29, 0.717) is 0 Å². The highest BCUT2D eigenvalue weighted by Crippen LogP contribution is 1.82. The molecule has 0 heterocycles. The van der Waals surface area contributed by atoms with E-state index in [2.05, 4.69) is 14.3 Å². The highest BCUT2D eigenvalue weighted by molar-refractivity contribution is 5.98. The average Bonchev–Trinajstić information content (AvgIpc) is 2.27. The number of hydrogen-bond donors (Lipinski definition) is 0. The molecule has 0 spiro atoms. The smallest absolute Gasteiger partial charge is 0.385 e. The first-order chi connectivity index (χ1) is 7.70. The number of carbonyl (C=O) groups is 2. The van der Waals surface area contributed by atoms with Crippen molar-refractivity contribution in [2.75, 3.05) is 19.8 Å². The quantitative estimate of drug-likeness (QED) is 0.217. The molecule has 0 bridgehead atoms. The highest BCUT2D eigenvalue weighted by Gasteiger charge is 2.00. The second-order valence-electron chi connectivity index (χ2n) is 2.31. The minimum atomic E-state index is -0.891. The van der Waals surface area contributed by atoms with Crippen molar-refractivity contribution in [3.8, 4) is 17.9 Å². The van der Waals surface area contributed by atoms with Gasteiger partial charge in [-0.2, -0.15) is 5.26 Å². The molecule has 0 atom stereocenters. The molecular formula is C10H8N2O4. The third kappa shape index (κ3) is 8.10. The molecule has 0 aromatic heterocycles. The minimum Gasteiger partial charge on any atom is -0.455 e. The van der Waals surface area contributed by atoms with E-state index < -0.39 is 11.9 Å². The van der Waals surface area contributed by atoms with Crippen molar-refractivity contribution < 1.29 is 19.1 Å². The lowest BCUT2D eigenvalue weighted by atomic mass is 10.5. The normalized spacial score (nSPS) is 7.62. The van der Waals surface area contributed by atoms with Crippen LogP contribution >= 0.6 is 0 Å². The molecule has 0 amide bonds. The summed E-state index contributed by atoms with van der Waals surface area (Å²) in [4.78, 5) is 24.5. The molecule has 0 unspecified atom stereocenters. The molecule has 0 aliphatic carbocycles. The summed E-state index contributed by atoms with van der Waals surface area (Å²) in [5.74, 6) is 2.01. The predicted molar refractivity (Wildman–Crippen MR) is 51.4 cm³/mol. The Hall–Kier alpha value is -2.52. The summed E-state index contributed by atoms with van der Waals surface area (Å²) in [7, 11) is 0. The van der Waals surface area contributed by atoms with E-state index in [4.69, 9.17) is 11.8 Å². The molecular weight excluding hydrogens is 212 g/mol. The van der Waals surface area contributed by atoms with Crippen LogP contribution in [0, 0.1) is 29.7 Å². The lowest BCUT2D eigenvalue weighted by molar-refractivity contribution is -0.138. The third-order valence-corrected chi connectivity index (χ3v) is 1.15. The van der Waals surface area contributed by atoms with Crippen LogP contribution in [0.2, 0.25) is 0 Å². The molecule has 0 aromatic carbocycles. The van der Waals surface area contributed by atoms with E-state index in [1.807, 2.05) is 11.8 Å². The maximum absolute atomic E-state index is 10.8. The lowest BCUT2D eigenvalue weighted by Gasteiger charge is -1.94. The van der Waals surface area contributed by atoms with Crippen LogP contribution in [0.25, 0.3) is 4.85 Å². The lowest BCUT2D eigenvalue weighted by Crippen LogP contribution is -2.07. The van der Waals surface area contributed by atoms with Crippen LogP contribution in [0.5, 0.6) is 0 Å². The number of rotatable bonds is 4. The zero-order valence-corrected chi connectivity index (χ0v) is 8.36. The van der Waals surface area contributed by atoms with Crippen molar-refractivity contribution in [2.45, 2.75) is 6.42 Å². The number of nitrogens with zero attached hydrogens (tertiary/aromatic N) is 2. The van der Waals surface area contributed by atoms with Crippen molar-refractivity contribution in [3.05, 3.63) is 11.4 Å². The average molecular weight is 220 g/mol.